The van der Waals surface area contributed by atoms with Crippen molar-refractivity contribution in [1.82, 2.24) is 0 Å². The van der Waals surface area contributed by atoms with Gasteiger partial charge in [0.15, 0.2) is 6.29 Å². The summed E-state index contributed by atoms with van der Waals surface area (Å²) in [6, 6.07) is 0. The molecular weight excluding hydrogens is 957 g/mol. The van der Waals surface area contributed by atoms with Gasteiger partial charge in [-0.05, 0) is 83.5 Å². The zero-order valence-corrected chi connectivity index (χ0v) is 47.5. The number of allylic oxidation sites excluding steroid dienone is 12. The standard InChI is InChI=1S/C61H108O12S/c1-3-5-7-9-11-13-15-17-19-21-23-25-27-28-29-30-32-34-36-38-40-42-44-46-48-50-57(63)71-55(54-70-61-59(65)60(73-74(66,67)68)58(64)56(52-62)72-61)53-69-51-49-47-45-43-41-39-37-35-33-31-26-24-22-20-18-16-14-12-10-8-6-4-2/h6,8,12,14-15,17-18,20-21,23-24,26,55-56,58-62,64-65H,3-5,7,9-11,13,16,19,22,25,27-54H2,1-2H3,(H,66,67,68)/b8-6-,14-12-,17-15-,20-18-,23-21-,26-24-. The number of unbranched alkanes of at least 4 members (excludes halogenated alkanes) is 27. The van der Waals surface area contributed by atoms with Crippen LogP contribution in [0.15, 0.2) is 72.9 Å². The highest BCUT2D eigenvalue weighted by atomic mass is 32.3. The van der Waals surface area contributed by atoms with Gasteiger partial charge in [-0.25, -0.2) is 4.18 Å². The highest BCUT2D eigenvalue weighted by Gasteiger charge is 2.48. The van der Waals surface area contributed by atoms with E-state index in [1.165, 1.54) is 141 Å². The van der Waals surface area contributed by atoms with Gasteiger partial charge in [0.05, 0.1) is 19.8 Å². The van der Waals surface area contributed by atoms with Crippen LogP contribution in [0.3, 0.4) is 0 Å². The molecular formula is C61H108O12S. The van der Waals surface area contributed by atoms with Gasteiger partial charge in [0.25, 0.3) is 0 Å². The number of carbonyl (C=O) groups is 1. The summed E-state index contributed by atoms with van der Waals surface area (Å²) in [7, 11) is -5.07. The van der Waals surface area contributed by atoms with E-state index < -0.39 is 59.8 Å². The van der Waals surface area contributed by atoms with Crippen LogP contribution >= 0.6 is 0 Å². The van der Waals surface area contributed by atoms with Crippen molar-refractivity contribution in [2.45, 2.75) is 282 Å². The Bertz CT molecular complexity index is 1560. The molecule has 0 aromatic carbocycles. The first kappa shape index (κ1) is 69.6. The van der Waals surface area contributed by atoms with Crippen LogP contribution in [0.4, 0.5) is 0 Å². The number of aliphatic hydroxyl groups is 3. The second-order valence-corrected chi connectivity index (χ2v) is 21.3. The second-order valence-electron chi connectivity index (χ2n) is 20.2. The number of aliphatic hydroxyl groups excluding tert-OH is 3. The Morgan fingerprint density at radius 1 is 0.527 bits per heavy atom. The Morgan fingerprint density at radius 2 is 0.932 bits per heavy atom. The summed E-state index contributed by atoms with van der Waals surface area (Å²) < 4.78 is 59.5. The molecule has 0 amide bonds. The number of hydrogen-bond acceptors (Lipinski definition) is 11. The van der Waals surface area contributed by atoms with E-state index in [0.717, 1.165) is 77.0 Å². The maximum Gasteiger partial charge on any atom is 0.397 e. The molecule has 0 aromatic heterocycles. The van der Waals surface area contributed by atoms with Gasteiger partial charge in [-0.2, -0.15) is 8.42 Å². The Kier molecular flexibility index (Phi) is 48.2. The predicted octanol–water partition coefficient (Wildman–Crippen LogP) is 15.0. The van der Waals surface area contributed by atoms with Crippen LogP contribution in [0.1, 0.15) is 245 Å². The quantitative estimate of drug-likeness (QED) is 0.0196. The number of hydrogen-bond donors (Lipinski definition) is 4. The van der Waals surface area contributed by atoms with Crippen molar-refractivity contribution in [3.05, 3.63) is 72.9 Å². The minimum absolute atomic E-state index is 0.0295. The molecule has 13 heteroatoms. The highest BCUT2D eigenvalue weighted by molar-refractivity contribution is 7.80. The van der Waals surface area contributed by atoms with E-state index >= 15 is 0 Å². The molecule has 430 valence electrons. The Labute approximate surface area is 451 Å². The van der Waals surface area contributed by atoms with Gasteiger partial charge < -0.3 is 34.3 Å². The molecule has 6 atom stereocenters. The lowest BCUT2D eigenvalue weighted by Crippen LogP contribution is -2.60. The van der Waals surface area contributed by atoms with Crippen molar-refractivity contribution in [2.24, 2.45) is 0 Å². The molecule has 6 unspecified atom stereocenters. The number of rotatable bonds is 52. The van der Waals surface area contributed by atoms with E-state index in [1.54, 1.807) is 0 Å². The average molecular weight is 1070 g/mol. The third kappa shape index (κ3) is 43.6. The molecule has 1 aliphatic rings. The smallest absolute Gasteiger partial charge is 0.397 e. The summed E-state index contributed by atoms with van der Waals surface area (Å²) in [4.78, 5) is 13.0. The van der Waals surface area contributed by atoms with Crippen LogP contribution < -0.4 is 0 Å². The molecule has 4 N–H and O–H groups in total. The summed E-state index contributed by atoms with van der Waals surface area (Å²) in [5.41, 5.74) is 0. The third-order valence-electron chi connectivity index (χ3n) is 13.3. The molecule has 1 heterocycles. The van der Waals surface area contributed by atoms with Crippen LogP contribution in [0, 0.1) is 0 Å². The first-order chi connectivity index (χ1) is 36.1. The van der Waals surface area contributed by atoms with E-state index in [0.29, 0.717) is 13.0 Å². The van der Waals surface area contributed by atoms with Gasteiger partial charge in [-0.3, -0.25) is 9.35 Å². The summed E-state index contributed by atoms with van der Waals surface area (Å²) in [6.07, 6.45) is 59.3. The molecule has 74 heavy (non-hydrogen) atoms. The van der Waals surface area contributed by atoms with Gasteiger partial charge in [0, 0.05) is 13.0 Å². The van der Waals surface area contributed by atoms with Crippen molar-refractivity contribution < 1.29 is 56.2 Å². The van der Waals surface area contributed by atoms with Gasteiger partial charge in [0.1, 0.15) is 30.5 Å². The molecule has 0 aromatic rings. The number of ether oxygens (including phenoxy) is 4. The minimum Gasteiger partial charge on any atom is -0.457 e. The zero-order valence-electron chi connectivity index (χ0n) is 46.6. The fourth-order valence-corrected chi connectivity index (χ4v) is 9.38. The maximum atomic E-state index is 13.0. The van der Waals surface area contributed by atoms with Crippen LogP contribution in [-0.2, 0) is 38.3 Å². The third-order valence-corrected chi connectivity index (χ3v) is 13.8. The summed E-state index contributed by atoms with van der Waals surface area (Å²) >= 11 is 0. The molecule has 1 saturated heterocycles. The summed E-state index contributed by atoms with van der Waals surface area (Å²) in [5, 5.41) is 30.9. The van der Waals surface area contributed by atoms with Crippen LogP contribution in [-0.4, -0.2) is 97.5 Å². The molecule has 12 nitrogen and oxygen atoms in total. The van der Waals surface area contributed by atoms with E-state index in [9.17, 15) is 33.1 Å². The Morgan fingerprint density at radius 3 is 1.36 bits per heavy atom. The Balaban J connectivity index is 2.29. The maximum absolute atomic E-state index is 13.0. The fraction of sp³-hybridized carbons (Fsp3) is 0.787. The summed E-state index contributed by atoms with van der Waals surface area (Å²) in [6.45, 7) is 3.88. The molecule has 0 radical (unpaired) electrons. The van der Waals surface area contributed by atoms with E-state index in [4.69, 9.17) is 18.9 Å². The van der Waals surface area contributed by atoms with Gasteiger partial charge in [0.2, 0.25) is 0 Å². The number of esters is 1. The lowest BCUT2D eigenvalue weighted by Gasteiger charge is -2.41. The molecule has 0 spiro atoms. The largest absolute Gasteiger partial charge is 0.457 e. The van der Waals surface area contributed by atoms with Crippen molar-refractivity contribution in [3.8, 4) is 0 Å². The monoisotopic (exact) mass is 1060 g/mol. The van der Waals surface area contributed by atoms with Gasteiger partial charge >= 0.3 is 16.4 Å². The predicted molar refractivity (Wildman–Crippen MR) is 303 cm³/mol. The molecule has 0 saturated carbocycles. The van der Waals surface area contributed by atoms with E-state index in [1.807, 2.05) is 0 Å². The van der Waals surface area contributed by atoms with Crippen LogP contribution in [0.25, 0.3) is 0 Å². The van der Waals surface area contributed by atoms with Crippen molar-refractivity contribution in [2.75, 3.05) is 26.4 Å². The second kappa shape index (κ2) is 51.3. The first-order valence-electron chi connectivity index (χ1n) is 29.7. The lowest BCUT2D eigenvalue weighted by atomic mass is 9.99. The summed E-state index contributed by atoms with van der Waals surface area (Å²) in [5.74, 6) is -0.402. The van der Waals surface area contributed by atoms with Crippen molar-refractivity contribution >= 4 is 16.4 Å². The molecule has 1 rings (SSSR count). The van der Waals surface area contributed by atoms with E-state index in [-0.39, 0.29) is 19.6 Å². The average Bonchev–Trinajstić information content (AvgIpc) is 3.38. The molecule has 0 aliphatic carbocycles. The lowest BCUT2D eigenvalue weighted by molar-refractivity contribution is -0.301. The molecule has 1 aliphatic heterocycles. The van der Waals surface area contributed by atoms with Crippen molar-refractivity contribution in [1.29, 1.82) is 0 Å². The minimum atomic E-state index is -5.07. The first-order valence-corrected chi connectivity index (χ1v) is 31.1. The highest BCUT2D eigenvalue weighted by Crippen LogP contribution is 2.26. The van der Waals surface area contributed by atoms with E-state index in [2.05, 4.69) is 90.9 Å². The van der Waals surface area contributed by atoms with Gasteiger partial charge in [-0.1, -0.05) is 228 Å². The normalized spacial score (nSPS) is 19.2. The van der Waals surface area contributed by atoms with Crippen LogP contribution in [0.5, 0.6) is 0 Å². The molecule has 0 bridgehead atoms. The zero-order chi connectivity index (χ0) is 53.8. The molecule has 1 fully saturated rings. The fourth-order valence-electron chi connectivity index (χ4n) is 8.87. The number of carbonyl (C=O) groups excluding carboxylic acids is 1. The van der Waals surface area contributed by atoms with Gasteiger partial charge in [-0.15, -0.1) is 0 Å². The topological polar surface area (TPSA) is 178 Å². The Hall–Kier alpha value is -2.46. The van der Waals surface area contributed by atoms with Crippen LogP contribution in [0.2, 0.25) is 0 Å². The SMILES string of the molecule is CC/C=C\C/C=C\C/C=C\C/C=C\CCCCCCCCCCCOCC(COC1OC(CO)C(O)C(OS(=O)(=O)O)C1O)OC(=O)CCCCCCCCCCCCCCC/C=C\C/C=C\CCCCCCC. The van der Waals surface area contributed by atoms with Crippen molar-refractivity contribution in [3.63, 3.8) is 0 Å².